The Hall–Kier alpha value is -1.15. The Morgan fingerprint density at radius 1 is 1.33 bits per heavy atom. The average Bonchev–Trinajstić information content (AvgIpc) is 2.07. The van der Waals surface area contributed by atoms with Crippen molar-refractivity contribution in [3.8, 4) is 0 Å². The highest BCUT2D eigenvalue weighted by atomic mass is 32.1. The Balaban J connectivity index is 3.05. The fraction of sp³-hybridized carbons (Fsp3) is 0.100. The largest absolute Gasteiger partial charge is 0.389 e. The first-order valence-corrected chi connectivity index (χ1v) is 4.18. The zero-order chi connectivity index (χ0) is 8.97. The molecule has 0 atom stereocenters. The van der Waals surface area contributed by atoms with Crippen LogP contribution in [-0.2, 0) is 0 Å². The zero-order valence-electron chi connectivity index (χ0n) is 6.95. The lowest BCUT2D eigenvalue weighted by atomic mass is 10.1. The fourth-order valence-corrected chi connectivity index (χ4v) is 1.30. The third-order valence-electron chi connectivity index (χ3n) is 1.64. The highest BCUT2D eigenvalue weighted by Crippen LogP contribution is 2.13. The van der Waals surface area contributed by atoms with Crippen LogP contribution in [0, 0.1) is 0 Å². The number of hydrogen-bond donors (Lipinski definition) is 1. The van der Waals surface area contributed by atoms with Crippen molar-refractivity contribution in [1.82, 2.24) is 0 Å². The number of allylic oxidation sites excluding steroid dienone is 1. The molecule has 0 aliphatic heterocycles. The van der Waals surface area contributed by atoms with Gasteiger partial charge in [0.15, 0.2) is 0 Å². The van der Waals surface area contributed by atoms with Gasteiger partial charge in [-0.05, 0) is 12.5 Å². The van der Waals surface area contributed by atoms with E-state index in [1.165, 1.54) is 0 Å². The third-order valence-corrected chi connectivity index (χ3v) is 1.86. The van der Waals surface area contributed by atoms with Gasteiger partial charge in [-0.1, -0.05) is 48.6 Å². The van der Waals surface area contributed by atoms with Gasteiger partial charge in [0.05, 0.1) is 0 Å². The monoisotopic (exact) mass is 177 g/mol. The highest BCUT2D eigenvalue weighted by molar-refractivity contribution is 7.81. The molecule has 0 radical (unpaired) electrons. The molecule has 0 heterocycles. The molecule has 0 aromatic heterocycles. The first-order valence-electron chi connectivity index (χ1n) is 3.77. The summed E-state index contributed by atoms with van der Waals surface area (Å²) in [7, 11) is 0. The van der Waals surface area contributed by atoms with Gasteiger partial charge in [0.1, 0.15) is 4.99 Å². The summed E-state index contributed by atoms with van der Waals surface area (Å²) in [6, 6.07) is 9.90. The maximum atomic E-state index is 5.54. The first kappa shape index (κ1) is 8.94. The van der Waals surface area contributed by atoms with E-state index in [1.807, 2.05) is 43.3 Å². The van der Waals surface area contributed by atoms with Crippen LogP contribution in [0.2, 0.25) is 0 Å². The van der Waals surface area contributed by atoms with Crippen LogP contribution in [0.5, 0.6) is 0 Å². The molecule has 0 aliphatic carbocycles. The van der Waals surface area contributed by atoms with Crippen molar-refractivity contribution in [2.45, 2.75) is 6.92 Å². The topological polar surface area (TPSA) is 26.0 Å². The average molecular weight is 177 g/mol. The minimum absolute atomic E-state index is 0.448. The molecule has 0 fully saturated rings. The second kappa shape index (κ2) is 4.02. The van der Waals surface area contributed by atoms with Crippen LogP contribution < -0.4 is 5.73 Å². The lowest BCUT2D eigenvalue weighted by Gasteiger charge is -2.03. The summed E-state index contributed by atoms with van der Waals surface area (Å²) in [4.78, 5) is 0.448. The Morgan fingerprint density at radius 2 is 1.92 bits per heavy atom. The number of benzene rings is 1. The Kier molecular flexibility index (Phi) is 3.00. The van der Waals surface area contributed by atoms with E-state index >= 15 is 0 Å². The molecule has 12 heavy (non-hydrogen) atoms. The van der Waals surface area contributed by atoms with Crippen LogP contribution in [0.1, 0.15) is 12.5 Å². The molecule has 2 heteroatoms. The minimum atomic E-state index is 0.448. The molecule has 0 unspecified atom stereocenters. The van der Waals surface area contributed by atoms with Crippen LogP contribution in [0.3, 0.4) is 0 Å². The molecule has 2 N–H and O–H groups in total. The zero-order valence-corrected chi connectivity index (χ0v) is 7.77. The minimum Gasteiger partial charge on any atom is -0.389 e. The number of thiocarbonyl (C=S) groups is 1. The molecule has 0 bridgehead atoms. The van der Waals surface area contributed by atoms with Crippen molar-refractivity contribution < 1.29 is 0 Å². The quantitative estimate of drug-likeness (QED) is 0.554. The molecule has 1 aromatic carbocycles. The van der Waals surface area contributed by atoms with E-state index < -0.39 is 0 Å². The van der Waals surface area contributed by atoms with E-state index in [1.54, 1.807) is 0 Å². The molecule has 1 nitrogen and oxygen atoms in total. The lowest BCUT2D eigenvalue weighted by molar-refractivity contribution is 1.60. The van der Waals surface area contributed by atoms with Gasteiger partial charge in [-0.25, -0.2) is 0 Å². The second-order valence-corrected chi connectivity index (χ2v) is 2.87. The van der Waals surface area contributed by atoms with E-state index in [2.05, 4.69) is 0 Å². The predicted octanol–water partition coefficient (Wildman–Crippen LogP) is 2.38. The normalized spacial score (nSPS) is 11.2. The smallest absolute Gasteiger partial charge is 0.104 e. The number of nitrogens with two attached hydrogens (primary N) is 1. The van der Waals surface area contributed by atoms with Crippen LogP contribution in [0.4, 0.5) is 0 Å². The second-order valence-electron chi connectivity index (χ2n) is 2.43. The van der Waals surface area contributed by atoms with Crippen LogP contribution in [0.15, 0.2) is 36.4 Å². The molecular formula is C10H11NS. The molecule has 0 amide bonds. The first-order chi connectivity index (χ1) is 5.75. The van der Waals surface area contributed by atoms with E-state index in [-0.39, 0.29) is 0 Å². The Morgan fingerprint density at radius 3 is 2.33 bits per heavy atom. The molecule has 0 saturated carbocycles. The van der Waals surface area contributed by atoms with Crippen LogP contribution in [-0.4, -0.2) is 4.99 Å². The summed E-state index contributed by atoms with van der Waals surface area (Å²) in [5.41, 5.74) is 7.55. The van der Waals surface area contributed by atoms with E-state index in [9.17, 15) is 0 Å². The van der Waals surface area contributed by atoms with Gasteiger partial charge >= 0.3 is 0 Å². The van der Waals surface area contributed by atoms with Gasteiger partial charge in [0, 0.05) is 5.57 Å². The van der Waals surface area contributed by atoms with Crippen molar-refractivity contribution >= 4 is 22.8 Å². The fourth-order valence-electron chi connectivity index (χ4n) is 1.07. The summed E-state index contributed by atoms with van der Waals surface area (Å²) >= 11 is 4.91. The molecule has 0 aliphatic rings. The van der Waals surface area contributed by atoms with Gasteiger partial charge in [0.2, 0.25) is 0 Å². The third kappa shape index (κ3) is 1.92. The molecule has 1 rings (SSSR count). The molecule has 0 saturated heterocycles. The summed E-state index contributed by atoms with van der Waals surface area (Å²) in [5, 5.41) is 0. The lowest BCUT2D eigenvalue weighted by Crippen LogP contribution is -2.09. The van der Waals surface area contributed by atoms with Crippen molar-refractivity contribution in [3.05, 3.63) is 42.0 Å². The van der Waals surface area contributed by atoms with Crippen molar-refractivity contribution in [2.24, 2.45) is 5.73 Å². The van der Waals surface area contributed by atoms with E-state index in [0.29, 0.717) is 4.99 Å². The number of hydrogen-bond acceptors (Lipinski definition) is 1. The Labute approximate surface area is 77.9 Å². The van der Waals surface area contributed by atoms with Crippen molar-refractivity contribution in [3.63, 3.8) is 0 Å². The van der Waals surface area contributed by atoms with E-state index in [4.69, 9.17) is 18.0 Å². The van der Waals surface area contributed by atoms with Gasteiger partial charge in [-0.3, -0.25) is 0 Å². The summed E-state index contributed by atoms with van der Waals surface area (Å²) in [5.74, 6) is 0. The summed E-state index contributed by atoms with van der Waals surface area (Å²) in [6.45, 7) is 1.93. The molecular weight excluding hydrogens is 166 g/mol. The standard InChI is InChI=1S/C10H11NS/c1-2-9(10(11)12)8-6-4-3-5-7-8/h2-7H,1H3,(H2,11,12)/b9-2+. The van der Waals surface area contributed by atoms with E-state index in [0.717, 1.165) is 11.1 Å². The molecule has 1 aromatic rings. The summed E-state index contributed by atoms with van der Waals surface area (Å²) < 4.78 is 0. The molecule has 0 spiro atoms. The van der Waals surface area contributed by atoms with Gasteiger partial charge in [-0.15, -0.1) is 0 Å². The summed E-state index contributed by atoms with van der Waals surface area (Å²) in [6.07, 6.45) is 1.93. The van der Waals surface area contributed by atoms with Crippen molar-refractivity contribution in [2.75, 3.05) is 0 Å². The van der Waals surface area contributed by atoms with Gasteiger partial charge < -0.3 is 5.73 Å². The number of rotatable bonds is 2. The maximum Gasteiger partial charge on any atom is 0.104 e. The maximum absolute atomic E-state index is 5.54. The Bertz CT molecular complexity index is 301. The predicted molar refractivity (Wildman–Crippen MR) is 56.9 cm³/mol. The highest BCUT2D eigenvalue weighted by Gasteiger charge is 2.00. The van der Waals surface area contributed by atoms with Gasteiger partial charge in [-0.2, -0.15) is 0 Å². The van der Waals surface area contributed by atoms with Gasteiger partial charge in [0.25, 0.3) is 0 Å². The van der Waals surface area contributed by atoms with Crippen LogP contribution >= 0.6 is 12.2 Å². The SMILES string of the molecule is C/C=C(/C(N)=S)c1ccccc1. The van der Waals surface area contributed by atoms with Crippen LogP contribution in [0.25, 0.3) is 5.57 Å². The molecule has 62 valence electrons. The van der Waals surface area contributed by atoms with Crippen molar-refractivity contribution in [1.29, 1.82) is 0 Å².